The molecule has 0 amide bonds. The van der Waals surface area contributed by atoms with Crippen molar-refractivity contribution < 1.29 is 0 Å². The second-order valence-corrected chi connectivity index (χ2v) is 38.4. The number of nitrogens with zero attached hydrogens (tertiary/aromatic N) is 4. The highest BCUT2D eigenvalue weighted by molar-refractivity contribution is 6.14. The fourth-order valence-corrected chi connectivity index (χ4v) is 25.1. The van der Waals surface area contributed by atoms with Crippen molar-refractivity contribution in [2.45, 2.75) is 10.8 Å². The van der Waals surface area contributed by atoms with E-state index in [0.29, 0.717) is 0 Å². The molecule has 4 nitrogen and oxygen atoms in total. The van der Waals surface area contributed by atoms with Gasteiger partial charge in [0.2, 0.25) is 0 Å². The standard InChI is InChI=1S/2C69H44N2/c1-3-25-53-45(17-1)19-15-35-65(53)70(52-38-39-58-57-29-7-11-33-63(57)69(64(58)44-52)61-31-9-5-27-55(61)56-28-6-10-32-62(56)69)51-24-14-23-49(42-51)47-21-13-22-48(41-47)50-37-40-68-60(43-50)59-30-8-12-34-67(59)71(68)66-36-16-20-46-18-2-4-26-54(46)66;1-2-18-49-41-53(36-34-45(49)16-1)70(54-37-38-59-58-27-7-11-31-64(58)69(65(59)44-54)62-29-9-5-25-56(62)57-26-6-10-30-63(57)69)52-23-14-22-50(42-52)47-20-13-21-48(40-47)51-35-39-68-61(43-51)60-28-8-12-32-67(60)71(68)66-33-15-19-46-17-3-4-24-55(46)66/h2*1-44H. The molecule has 0 N–H and O–H groups in total. The molecule has 24 aromatic carbocycles. The lowest BCUT2D eigenvalue weighted by molar-refractivity contribution is 0.793. The SMILES string of the molecule is c1cc(-c2cccc(N(c3ccc4c(c3)C3(c5ccccc5-c5ccccc53)c3ccccc3-4)c3ccc4ccccc4c3)c2)cc(-c2ccc3c(c2)c2ccccc2n3-c2cccc3ccccc23)c1.c1cc(-c2cccc(N(c3ccc4c(c3)C3(c5ccccc5-c5ccccc53)c3ccccc3-4)c3cccc4ccccc34)c2)cc(-c2ccc3c(c2)c2ccccc2n3-c2cccc3ccccc23)c1. The quantitative estimate of drug-likeness (QED) is 0.121. The molecule has 4 heteroatoms. The van der Waals surface area contributed by atoms with Gasteiger partial charge in [-0.3, -0.25) is 0 Å². The van der Waals surface area contributed by atoms with Crippen LogP contribution in [0.2, 0.25) is 0 Å². The molecule has 26 aromatic rings. The highest BCUT2D eigenvalue weighted by Gasteiger charge is 2.54. The van der Waals surface area contributed by atoms with Gasteiger partial charge in [-0.25, -0.2) is 0 Å². The van der Waals surface area contributed by atoms with Crippen molar-refractivity contribution in [2.24, 2.45) is 0 Å². The molecule has 0 saturated carbocycles. The number of aromatic nitrogens is 2. The Balaban J connectivity index is 0.000000136. The van der Waals surface area contributed by atoms with Gasteiger partial charge < -0.3 is 18.9 Å². The number of anilines is 6. The maximum atomic E-state index is 2.50. The van der Waals surface area contributed by atoms with Gasteiger partial charge in [0.1, 0.15) is 0 Å². The Kier molecular flexibility index (Phi) is 18.2. The van der Waals surface area contributed by atoms with Crippen molar-refractivity contribution >= 4 is 121 Å². The fourth-order valence-electron chi connectivity index (χ4n) is 25.1. The average Bonchev–Trinajstić information content (AvgIpc) is 1.51. The number of para-hydroxylation sites is 2. The van der Waals surface area contributed by atoms with E-state index in [0.717, 1.165) is 45.3 Å². The zero-order valence-electron chi connectivity index (χ0n) is 77.6. The van der Waals surface area contributed by atoms with Gasteiger partial charge in [0.05, 0.1) is 50.0 Å². The van der Waals surface area contributed by atoms with Gasteiger partial charge in [-0.05, 0) is 288 Å². The summed E-state index contributed by atoms with van der Waals surface area (Å²) in [5.74, 6) is 0. The molecule has 2 spiro atoms. The van der Waals surface area contributed by atoms with E-state index in [-0.39, 0.29) is 0 Å². The van der Waals surface area contributed by atoms with Crippen LogP contribution in [0.15, 0.2) is 534 Å². The largest absolute Gasteiger partial charge is 0.310 e. The molecule has 4 aliphatic carbocycles. The fraction of sp³-hybridized carbons (Fsp3) is 0.0145. The summed E-state index contributed by atoms with van der Waals surface area (Å²) in [5, 5.41) is 14.8. The molecule has 0 atom stereocenters. The summed E-state index contributed by atoms with van der Waals surface area (Å²) in [6.45, 7) is 0. The van der Waals surface area contributed by atoms with Gasteiger partial charge in [-0.15, -0.1) is 0 Å². The summed E-state index contributed by atoms with van der Waals surface area (Å²) < 4.78 is 4.87. The predicted octanol–water partition coefficient (Wildman–Crippen LogP) is 36.5. The summed E-state index contributed by atoms with van der Waals surface area (Å²) in [6, 6.07) is 198. The number of rotatable bonds is 12. The predicted molar refractivity (Wildman–Crippen MR) is 595 cm³/mol. The van der Waals surface area contributed by atoms with Crippen LogP contribution in [0, 0.1) is 0 Å². The van der Waals surface area contributed by atoms with E-state index in [1.165, 1.54) is 220 Å². The molecule has 0 saturated heterocycles. The summed E-state index contributed by atoms with van der Waals surface area (Å²) in [5.41, 5.74) is 43.5. The van der Waals surface area contributed by atoms with Gasteiger partial charge in [0.25, 0.3) is 0 Å². The van der Waals surface area contributed by atoms with E-state index in [4.69, 9.17) is 0 Å². The van der Waals surface area contributed by atoms with E-state index in [9.17, 15) is 0 Å². The van der Waals surface area contributed by atoms with Crippen molar-refractivity contribution in [3.8, 4) is 100 Å². The molecule has 660 valence electrons. The van der Waals surface area contributed by atoms with Crippen molar-refractivity contribution in [3.05, 3.63) is 578 Å². The Morgan fingerprint density at radius 2 is 0.423 bits per heavy atom. The summed E-state index contributed by atoms with van der Waals surface area (Å²) in [4.78, 5) is 4.95. The van der Waals surface area contributed by atoms with Gasteiger partial charge in [0, 0.05) is 66.1 Å². The molecule has 4 aliphatic rings. The zero-order chi connectivity index (χ0) is 93.2. The third-order valence-electron chi connectivity index (χ3n) is 31.1. The van der Waals surface area contributed by atoms with Crippen LogP contribution in [0.1, 0.15) is 44.5 Å². The van der Waals surface area contributed by atoms with Crippen LogP contribution in [0.25, 0.3) is 187 Å². The Hall–Kier alpha value is -18.5. The molecule has 142 heavy (non-hydrogen) atoms. The van der Waals surface area contributed by atoms with Crippen LogP contribution < -0.4 is 9.80 Å². The molecule has 0 fully saturated rings. The van der Waals surface area contributed by atoms with Crippen molar-refractivity contribution in [3.63, 3.8) is 0 Å². The second kappa shape index (κ2) is 32.1. The van der Waals surface area contributed by atoms with Crippen LogP contribution in [0.3, 0.4) is 0 Å². The third-order valence-corrected chi connectivity index (χ3v) is 31.1. The van der Waals surface area contributed by atoms with Gasteiger partial charge in [-0.2, -0.15) is 0 Å². The average molecular weight is 1800 g/mol. The van der Waals surface area contributed by atoms with Crippen LogP contribution in [-0.4, -0.2) is 9.13 Å². The minimum absolute atomic E-state index is 0.444. The van der Waals surface area contributed by atoms with Crippen LogP contribution in [0.5, 0.6) is 0 Å². The highest BCUT2D eigenvalue weighted by atomic mass is 15.2. The highest BCUT2D eigenvalue weighted by Crippen LogP contribution is 2.66. The first-order chi connectivity index (χ1) is 70.4. The van der Waals surface area contributed by atoms with E-state index in [1.54, 1.807) is 0 Å². The minimum Gasteiger partial charge on any atom is -0.310 e. The van der Waals surface area contributed by atoms with E-state index in [1.807, 2.05) is 0 Å². The summed E-state index contributed by atoms with van der Waals surface area (Å²) in [6.07, 6.45) is 0. The Morgan fingerprint density at radius 3 is 0.859 bits per heavy atom. The monoisotopic (exact) mass is 1800 g/mol. The van der Waals surface area contributed by atoms with Gasteiger partial charge in [-0.1, -0.05) is 406 Å². The number of hydrogen-bond donors (Lipinski definition) is 0. The zero-order valence-corrected chi connectivity index (χ0v) is 77.6. The smallest absolute Gasteiger partial charge is 0.0726 e. The first-order valence-electron chi connectivity index (χ1n) is 49.3. The van der Waals surface area contributed by atoms with Crippen molar-refractivity contribution in [2.75, 3.05) is 9.80 Å². The molecule has 0 bridgehead atoms. The van der Waals surface area contributed by atoms with Crippen LogP contribution in [-0.2, 0) is 10.8 Å². The van der Waals surface area contributed by atoms with Gasteiger partial charge >= 0.3 is 0 Å². The first kappa shape index (κ1) is 80.8. The second-order valence-electron chi connectivity index (χ2n) is 38.4. The normalized spacial score (nSPS) is 12.9. The Labute approximate surface area is 823 Å². The molecule has 0 unspecified atom stereocenters. The maximum Gasteiger partial charge on any atom is 0.0726 e. The lowest BCUT2D eigenvalue weighted by Crippen LogP contribution is -2.26. The first-order valence-corrected chi connectivity index (χ1v) is 49.3. The van der Waals surface area contributed by atoms with E-state index in [2.05, 4.69) is 553 Å². The molecule has 0 radical (unpaired) electrons. The number of hydrogen-bond acceptors (Lipinski definition) is 2. The Bertz CT molecular complexity index is 9610. The minimum atomic E-state index is -0.449. The van der Waals surface area contributed by atoms with Crippen LogP contribution in [0.4, 0.5) is 34.1 Å². The molecule has 2 aromatic heterocycles. The van der Waals surface area contributed by atoms with Crippen molar-refractivity contribution in [1.82, 2.24) is 9.13 Å². The van der Waals surface area contributed by atoms with E-state index >= 15 is 0 Å². The Morgan fingerprint density at radius 1 is 0.141 bits per heavy atom. The lowest BCUT2D eigenvalue weighted by atomic mass is 9.70. The maximum absolute atomic E-state index is 2.50. The van der Waals surface area contributed by atoms with Gasteiger partial charge in [0.15, 0.2) is 0 Å². The molecular formula is C138H88N4. The summed E-state index contributed by atoms with van der Waals surface area (Å²) >= 11 is 0. The number of benzene rings is 24. The number of fused-ring (bicyclic) bond motifs is 30. The molecule has 30 rings (SSSR count). The molecule has 0 aliphatic heterocycles. The third kappa shape index (κ3) is 12.2. The van der Waals surface area contributed by atoms with Crippen molar-refractivity contribution in [1.29, 1.82) is 0 Å². The summed E-state index contributed by atoms with van der Waals surface area (Å²) in [7, 11) is 0. The topological polar surface area (TPSA) is 16.3 Å². The lowest BCUT2D eigenvalue weighted by Gasteiger charge is -2.32. The van der Waals surface area contributed by atoms with Crippen LogP contribution >= 0.6 is 0 Å². The van der Waals surface area contributed by atoms with E-state index < -0.39 is 10.8 Å². The molecular weight excluding hydrogens is 1710 g/mol. The molecule has 2 heterocycles.